The predicted molar refractivity (Wildman–Crippen MR) is 110 cm³/mol. The minimum atomic E-state index is -0.343. The van der Waals surface area contributed by atoms with Gasteiger partial charge in [0.15, 0.2) is 0 Å². The maximum absolute atomic E-state index is 14.3. The minimum absolute atomic E-state index is 0.118. The lowest BCUT2D eigenvalue weighted by atomic mass is 10.1. The zero-order valence-electron chi connectivity index (χ0n) is 15.8. The summed E-state index contributed by atoms with van der Waals surface area (Å²) in [6, 6.07) is 13.6. The summed E-state index contributed by atoms with van der Waals surface area (Å²) in [6.07, 6.45) is 0. The smallest absolute Gasteiger partial charge is 0.252 e. The van der Waals surface area contributed by atoms with Crippen LogP contribution in [0.4, 0.5) is 4.39 Å². The summed E-state index contributed by atoms with van der Waals surface area (Å²) in [7, 11) is 0. The molecule has 2 aromatic carbocycles. The Balaban J connectivity index is 2.07. The second-order valence-corrected chi connectivity index (χ2v) is 7.33. The van der Waals surface area contributed by atoms with Gasteiger partial charge in [-0.25, -0.2) is 9.07 Å². The number of fused-ring (bicyclic) bond motifs is 1. The van der Waals surface area contributed by atoms with E-state index in [2.05, 4.69) is 0 Å². The van der Waals surface area contributed by atoms with E-state index in [1.54, 1.807) is 33.5 Å². The summed E-state index contributed by atoms with van der Waals surface area (Å²) in [5.41, 5.74) is 4.17. The largest absolute Gasteiger partial charge is 0.288 e. The molecule has 2 heterocycles. The molecule has 0 aliphatic heterocycles. The minimum Gasteiger partial charge on any atom is -0.288 e. The van der Waals surface area contributed by atoms with E-state index < -0.39 is 0 Å². The van der Waals surface area contributed by atoms with E-state index >= 15 is 0 Å². The Morgan fingerprint density at radius 3 is 2.57 bits per heavy atom. The Morgan fingerprint density at radius 1 is 1.07 bits per heavy atom. The highest BCUT2D eigenvalue weighted by atomic mass is 35.5. The molecule has 2 aromatic heterocycles. The van der Waals surface area contributed by atoms with Crippen LogP contribution in [0.5, 0.6) is 0 Å². The third-order valence-electron chi connectivity index (χ3n) is 5.05. The molecule has 0 aliphatic carbocycles. The van der Waals surface area contributed by atoms with Crippen LogP contribution in [-0.2, 0) is 6.54 Å². The molecule has 28 heavy (non-hydrogen) atoms. The van der Waals surface area contributed by atoms with Gasteiger partial charge in [-0.2, -0.15) is 5.10 Å². The van der Waals surface area contributed by atoms with Crippen LogP contribution in [-0.4, -0.2) is 14.3 Å². The predicted octanol–water partition coefficient (Wildman–Crippen LogP) is 4.95. The van der Waals surface area contributed by atoms with Crippen molar-refractivity contribution in [1.29, 1.82) is 0 Å². The van der Waals surface area contributed by atoms with E-state index in [4.69, 9.17) is 16.7 Å². The second kappa shape index (κ2) is 6.91. The van der Waals surface area contributed by atoms with Crippen molar-refractivity contribution in [3.05, 3.63) is 92.1 Å². The number of aryl methyl sites for hydroxylation is 2. The monoisotopic (exact) mass is 395 g/mol. The molecule has 0 radical (unpaired) electrons. The van der Waals surface area contributed by atoms with Gasteiger partial charge in [0.05, 0.1) is 17.9 Å². The van der Waals surface area contributed by atoms with Crippen LogP contribution in [0.25, 0.3) is 16.7 Å². The lowest BCUT2D eigenvalue weighted by Gasteiger charge is -2.14. The third kappa shape index (κ3) is 2.92. The summed E-state index contributed by atoms with van der Waals surface area (Å²) in [5, 5.41) is 6.20. The van der Waals surface area contributed by atoms with Crippen LogP contribution in [0.2, 0.25) is 5.02 Å². The van der Waals surface area contributed by atoms with Crippen LogP contribution >= 0.6 is 11.6 Å². The van der Waals surface area contributed by atoms with Crippen molar-refractivity contribution < 1.29 is 4.39 Å². The lowest BCUT2D eigenvalue weighted by molar-refractivity contribution is 0.597. The number of hydrogen-bond acceptors (Lipinski definition) is 2. The standard InChI is InChI=1S/C22H19ClFN3O/c1-13-11-20(28)26(12-16-7-4-5-9-18(16)24)22-21(13)15(3)25-27(22)19-10-6-8-17(23)14(19)2/h4-11H,12H2,1-3H3. The number of rotatable bonds is 3. The topological polar surface area (TPSA) is 39.8 Å². The van der Waals surface area contributed by atoms with Gasteiger partial charge in [-0.3, -0.25) is 9.36 Å². The highest BCUT2D eigenvalue weighted by Gasteiger charge is 2.19. The quantitative estimate of drug-likeness (QED) is 0.492. The number of nitrogens with zero attached hydrogens (tertiary/aromatic N) is 3. The molecule has 0 fully saturated rings. The normalized spacial score (nSPS) is 11.3. The summed E-state index contributed by atoms with van der Waals surface area (Å²) in [4.78, 5) is 12.9. The van der Waals surface area contributed by atoms with E-state index in [0.717, 1.165) is 27.9 Å². The molecule has 0 saturated heterocycles. The number of halogens is 2. The maximum atomic E-state index is 14.3. The van der Waals surface area contributed by atoms with E-state index in [0.29, 0.717) is 16.2 Å². The van der Waals surface area contributed by atoms with Crippen LogP contribution in [0.3, 0.4) is 0 Å². The molecule has 0 unspecified atom stereocenters. The fraction of sp³-hybridized carbons (Fsp3) is 0.182. The van der Waals surface area contributed by atoms with Crippen molar-refractivity contribution in [3.8, 4) is 5.69 Å². The van der Waals surface area contributed by atoms with Crippen molar-refractivity contribution >= 4 is 22.6 Å². The molecule has 6 heteroatoms. The van der Waals surface area contributed by atoms with E-state index in [9.17, 15) is 9.18 Å². The van der Waals surface area contributed by atoms with Crippen molar-refractivity contribution in [2.75, 3.05) is 0 Å². The summed E-state index contributed by atoms with van der Waals surface area (Å²) in [5.74, 6) is -0.343. The van der Waals surface area contributed by atoms with Gasteiger partial charge < -0.3 is 0 Å². The summed E-state index contributed by atoms with van der Waals surface area (Å²) >= 11 is 6.32. The Morgan fingerprint density at radius 2 is 1.82 bits per heavy atom. The number of hydrogen-bond donors (Lipinski definition) is 0. The summed E-state index contributed by atoms with van der Waals surface area (Å²) in [6.45, 7) is 5.83. The first-order chi connectivity index (χ1) is 13.4. The molecule has 0 N–H and O–H groups in total. The van der Waals surface area contributed by atoms with E-state index in [1.807, 2.05) is 39.0 Å². The molecule has 142 valence electrons. The lowest BCUT2D eigenvalue weighted by Crippen LogP contribution is -2.23. The van der Waals surface area contributed by atoms with Crippen molar-refractivity contribution in [1.82, 2.24) is 14.3 Å². The number of pyridine rings is 1. The molecular formula is C22H19ClFN3O. The van der Waals surface area contributed by atoms with Gasteiger partial charge in [-0.05, 0) is 50.1 Å². The SMILES string of the molecule is Cc1c(Cl)cccc1-n1nc(C)c2c(C)cc(=O)n(Cc3ccccc3F)c21. The molecule has 4 rings (SSSR count). The Kier molecular flexibility index (Phi) is 4.55. The van der Waals surface area contributed by atoms with Gasteiger partial charge in [0, 0.05) is 22.0 Å². The summed E-state index contributed by atoms with van der Waals surface area (Å²) < 4.78 is 17.6. The molecule has 4 aromatic rings. The van der Waals surface area contributed by atoms with Gasteiger partial charge in [0.1, 0.15) is 11.5 Å². The average Bonchev–Trinajstić information content (AvgIpc) is 3.00. The van der Waals surface area contributed by atoms with Crippen molar-refractivity contribution in [2.24, 2.45) is 0 Å². The fourth-order valence-corrected chi connectivity index (χ4v) is 3.78. The van der Waals surface area contributed by atoms with Crippen LogP contribution < -0.4 is 5.56 Å². The number of benzene rings is 2. The highest BCUT2D eigenvalue weighted by molar-refractivity contribution is 6.31. The highest BCUT2D eigenvalue weighted by Crippen LogP contribution is 2.28. The average molecular weight is 396 g/mol. The van der Waals surface area contributed by atoms with Crippen molar-refractivity contribution in [3.63, 3.8) is 0 Å². The zero-order valence-corrected chi connectivity index (χ0v) is 16.6. The van der Waals surface area contributed by atoms with Crippen LogP contribution in [0, 0.1) is 26.6 Å². The Bertz CT molecular complexity index is 1270. The zero-order chi connectivity index (χ0) is 20.0. The molecule has 0 bridgehead atoms. The van der Waals surface area contributed by atoms with Crippen LogP contribution in [0.15, 0.2) is 53.3 Å². The third-order valence-corrected chi connectivity index (χ3v) is 5.46. The van der Waals surface area contributed by atoms with Gasteiger partial charge in [-0.15, -0.1) is 0 Å². The Labute approximate surface area is 166 Å². The van der Waals surface area contributed by atoms with Gasteiger partial charge >= 0.3 is 0 Å². The number of aromatic nitrogens is 3. The first-order valence-electron chi connectivity index (χ1n) is 8.97. The van der Waals surface area contributed by atoms with Gasteiger partial charge in [0.2, 0.25) is 0 Å². The molecular weight excluding hydrogens is 377 g/mol. The molecule has 0 saturated carbocycles. The molecule has 0 aliphatic rings. The first-order valence-corrected chi connectivity index (χ1v) is 9.35. The molecule has 0 amide bonds. The van der Waals surface area contributed by atoms with E-state index in [1.165, 1.54) is 6.07 Å². The van der Waals surface area contributed by atoms with Gasteiger partial charge in [-0.1, -0.05) is 35.9 Å². The molecule has 4 nitrogen and oxygen atoms in total. The van der Waals surface area contributed by atoms with Crippen LogP contribution in [0.1, 0.15) is 22.4 Å². The maximum Gasteiger partial charge on any atom is 0.252 e. The molecule has 0 atom stereocenters. The van der Waals surface area contributed by atoms with E-state index in [-0.39, 0.29) is 17.9 Å². The van der Waals surface area contributed by atoms with Crippen molar-refractivity contribution in [2.45, 2.75) is 27.3 Å². The fourth-order valence-electron chi connectivity index (χ4n) is 3.61. The Hall–Kier alpha value is -2.92. The second-order valence-electron chi connectivity index (χ2n) is 6.92. The molecule has 0 spiro atoms. The first kappa shape index (κ1) is 18.4. The van der Waals surface area contributed by atoms with Gasteiger partial charge in [0.25, 0.3) is 5.56 Å².